The van der Waals surface area contributed by atoms with E-state index in [9.17, 15) is 4.79 Å². The standard InChI is InChI=1S/C16H12Br2ClNO/c1-20-14-5-2-9(6-10(14)7-15(20)21)16(18)12-8-11(19)3-4-13(12)17/h2-6,8,16H,7H2,1H3. The average Bonchev–Trinajstić information content (AvgIpc) is 2.75. The number of fused-ring (bicyclic) bond motifs is 1. The number of carbonyl (C=O) groups excluding carboxylic acids is 1. The van der Waals surface area contributed by atoms with Gasteiger partial charge in [-0.1, -0.05) is 55.6 Å². The normalized spacial score (nSPS) is 15.2. The molecule has 2 nitrogen and oxygen atoms in total. The molecule has 108 valence electrons. The van der Waals surface area contributed by atoms with Crippen LogP contribution in [0.3, 0.4) is 0 Å². The quantitative estimate of drug-likeness (QED) is 0.608. The lowest BCUT2D eigenvalue weighted by Gasteiger charge is -2.15. The van der Waals surface area contributed by atoms with Gasteiger partial charge in [0.15, 0.2) is 0 Å². The molecule has 2 aromatic rings. The fourth-order valence-electron chi connectivity index (χ4n) is 2.54. The summed E-state index contributed by atoms with van der Waals surface area (Å²) in [6.07, 6.45) is 0.468. The lowest BCUT2D eigenvalue weighted by atomic mass is 10.0. The van der Waals surface area contributed by atoms with Crippen molar-refractivity contribution < 1.29 is 4.79 Å². The number of hydrogen-bond donors (Lipinski definition) is 0. The van der Waals surface area contributed by atoms with E-state index < -0.39 is 0 Å². The summed E-state index contributed by atoms with van der Waals surface area (Å²) < 4.78 is 1.00. The largest absolute Gasteiger partial charge is 0.315 e. The fraction of sp³-hybridized carbons (Fsp3) is 0.188. The molecule has 1 atom stereocenters. The first-order chi connectivity index (χ1) is 9.97. The molecule has 1 amide bonds. The maximum atomic E-state index is 11.8. The highest BCUT2D eigenvalue weighted by Crippen LogP contribution is 2.39. The van der Waals surface area contributed by atoms with Gasteiger partial charge in [-0.25, -0.2) is 0 Å². The highest BCUT2D eigenvalue weighted by atomic mass is 79.9. The molecule has 1 unspecified atom stereocenters. The summed E-state index contributed by atoms with van der Waals surface area (Å²) in [5.41, 5.74) is 4.25. The van der Waals surface area contributed by atoms with Gasteiger partial charge >= 0.3 is 0 Å². The predicted octanol–water partition coefficient (Wildman–Crippen LogP) is 5.11. The van der Waals surface area contributed by atoms with E-state index in [2.05, 4.69) is 37.9 Å². The Morgan fingerprint density at radius 3 is 2.76 bits per heavy atom. The SMILES string of the molecule is CN1C(=O)Cc2cc(C(Br)c3cc(Cl)ccc3Br)ccc21. The van der Waals surface area contributed by atoms with Crippen molar-refractivity contribution in [1.82, 2.24) is 0 Å². The molecule has 5 heteroatoms. The van der Waals surface area contributed by atoms with Crippen molar-refractivity contribution in [2.24, 2.45) is 0 Å². The molecular formula is C16H12Br2ClNO. The number of halogens is 3. The monoisotopic (exact) mass is 427 g/mol. The van der Waals surface area contributed by atoms with Crippen molar-refractivity contribution in [2.75, 3.05) is 11.9 Å². The van der Waals surface area contributed by atoms with Gasteiger partial charge in [-0.15, -0.1) is 0 Å². The van der Waals surface area contributed by atoms with Crippen molar-refractivity contribution in [3.63, 3.8) is 0 Å². The van der Waals surface area contributed by atoms with Crippen LogP contribution in [0.5, 0.6) is 0 Å². The smallest absolute Gasteiger partial charge is 0.231 e. The molecule has 1 aliphatic heterocycles. The predicted molar refractivity (Wildman–Crippen MR) is 93.5 cm³/mol. The lowest BCUT2D eigenvalue weighted by Crippen LogP contribution is -2.20. The van der Waals surface area contributed by atoms with Crippen LogP contribution in [0.15, 0.2) is 40.9 Å². The number of benzene rings is 2. The van der Waals surface area contributed by atoms with E-state index in [1.807, 2.05) is 37.4 Å². The number of nitrogens with zero attached hydrogens (tertiary/aromatic N) is 1. The third-order valence-corrected chi connectivity index (χ3v) is 5.68. The topological polar surface area (TPSA) is 20.3 Å². The number of hydrogen-bond acceptors (Lipinski definition) is 1. The molecule has 21 heavy (non-hydrogen) atoms. The zero-order valence-electron chi connectivity index (χ0n) is 11.2. The Balaban J connectivity index is 2.00. The summed E-state index contributed by atoms with van der Waals surface area (Å²) in [7, 11) is 1.81. The Morgan fingerprint density at radius 2 is 2.00 bits per heavy atom. The summed E-state index contributed by atoms with van der Waals surface area (Å²) in [5.74, 6) is 0.136. The van der Waals surface area contributed by atoms with Gasteiger partial charge in [-0.3, -0.25) is 4.79 Å². The van der Waals surface area contributed by atoms with Gasteiger partial charge in [0.25, 0.3) is 0 Å². The maximum absolute atomic E-state index is 11.8. The van der Waals surface area contributed by atoms with Crippen LogP contribution in [0.1, 0.15) is 21.5 Å². The average molecular weight is 430 g/mol. The molecule has 0 saturated heterocycles. The summed E-state index contributed by atoms with van der Waals surface area (Å²) in [4.78, 5) is 13.5. The molecule has 3 rings (SSSR count). The van der Waals surface area contributed by atoms with Crippen molar-refractivity contribution in [3.05, 3.63) is 62.6 Å². The fourth-order valence-corrected chi connectivity index (χ4v) is 4.16. The number of likely N-dealkylation sites (N-methyl/N-ethyl adjacent to an activating group) is 1. The first-order valence-electron chi connectivity index (χ1n) is 6.46. The molecule has 0 spiro atoms. The van der Waals surface area contributed by atoms with E-state index in [-0.39, 0.29) is 10.7 Å². The molecule has 0 saturated carbocycles. The lowest BCUT2D eigenvalue weighted by molar-refractivity contribution is -0.117. The van der Waals surface area contributed by atoms with Crippen LogP contribution in [0, 0.1) is 0 Å². The highest BCUT2D eigenvalue weighted by Gasteiger charge is 2.25. The second-order valence-electron chi connectivity index (χ2n) is 5.05. The van der Waals surface area contributed by atoms with Crippen LogP contribution in [0.2, 0.25) is 5.02 Å². The molecule has 1 aliphatic rings. The van der Waals surface area contributed by atoms with E-state index in [1.54, 1.807) is 4.90 Å². The summed E-state index contributed by atoms with van der Waals surface area (Å²) in [5, 5.41) is 0.703. The Labute approximate surface area is 145 Å². The minimum Gasteiger partial charge on any atom is -0.315 e. The third kappa shape index (κ3) is 2.77. The van der Waals surface area contributed by atoms with Gasteiger partial charge in [-0.05, 0) is 41.0 Å². The van der Waals surface area contributed by atoms with Gasteiger partial charge in [-0.2, -0.15) is 0 Å². The van der Waals surface area contributed by atoms with E-state index in [0.717, 1.165) is 26.9 Å². The van der Waals surface area contributed by atoms with Gasteiger partial charge in [0.1, 0.15) is 0 Å². The van der Waals surface area contributed by atoms with Crippen LogP contribution < -0.4 is 4.90 Å². The van der Waals surface area contributed by atoms with Gasteiger partial charge in [0, 0.05) is 22.2 Å². The first-order valence-corrected chi connectivity index (χ1v) is 8.54. The minimum absolute atomic E-state index is 0.0249. The molecule has 2 aromatic carbocycles. The Morgan fingerprint density at radius 1 is 1.24 bits per heavy atom. The molecule has 0 fully saturated rings. The Kier molecular flexibility index (Phi) is 4.12. The van der Waals surface area contributed by atoms with Crippen LogP contribution in [-0.4, -0.2) is 13.0 Å². The van der Waals surface area contributed by atoms with Crippen molar-refractivity contribution in [2.45, 2.75) is 11.2 Å². The summed E-state index contributed by atoms with van der Waals surface area (Å²) in [6.45, 7) is 0. The number of rotatable bonds is 2. The number of amides is 1. The number of carbonyl (C=O) groups is 1. The van der Waals surface area contributed by atoms with Crippen LogP contribution >= 0.6 is 43.5 Å². The molecule has 0 radical (unpaired) electrons. The Bertz CT molecular complexity index is 732. The molecule has 0 N–H and O–H groups in total. The van der Waals surface area contributed by atoms with Crippen LogP contribution in [0.25, 0.3) is 0 Å². The Hall–Kier alpha value is -0.840. The van der Waals surface area contributed by atoms with Crippen LogP contribution in [-0.2, 0) is 11.2 Å². The van der Waals surface area contributed by atoms with Gasteiger partial charge in [0.05, 0.1) is 11.2 Å². The molecular weight excluding hydrogens is 417 g/mol. The summed E-state index contributed by atoms with van der Waals surface area (Å²) in [6, 6.07) is 11.9. The second-order valence-corrected chi connectivity index (χ2v) is 7.25. The van der Waals surface area contributed by atoms with E-state index in [4.69, 9.17) is 11.6 Å². The zero-order chi connectivity index (χ0) is 15.1. The van der Waals surface area contributed by atoms with E-state index >= 15 is 0 Å². The van der Waals surface area contributed by atoms with Gasteiger partial charge in [0.2, 0.25) is 5.91 Å². The molecule has 0 aliphatic carbocycles. The summed E-state index contributed by atoms with van der Waals surface area (Å²) >= 11 is 13.4. The third-order valence-electron chi connectivity index (χ3n) is 3.70. The molecule has 0 aromatic heterocycles. The first kappa shape index (κ1) is 15.1. The van der Waals surface area contributed by atoms with E-state index in [1.165, 1.54) is 0 Å². The van der Waals surface area contributed by atoms with E-state index in [0.29, 0.717) is 11.4 Å². The van der Waals surface area contributed by atoms with Crippen molar-refractivity contribution >= 4 is 55.1 Å². The maximum Gasteiger partial charge on any atom is 0.231 e. The number of alkyl halides is 1. The second kappa shape index (κ2) is 5.75. The molecule has 0 bridgehead atoms. The highest BCUT2D eigenvalue weighted by molar-refractivity contribution is 9.11. The minimum atomic E-state index is 0.0249. The van der Waals surface area contributed by atoms with Gasteiger partial charge < -0.3 is 4.90 Å². The van der Waals surface area contributed by atoms with Crippen molar-refractivity contribution in [1.29, 1.82) is 0 Å². The molecule has 1 heterocycles. The number of anilines is 1. The van der Waals surface area contributed by atoms with Crippen molar-refractivity contribution in [3.8, 4) is 0 Å². The van der Waals surface area contributed by atoms with Crippen LogP contribution in [0.4, 0.5) is 5.69 Å². The zero-order valence-corrected chi connectivity index (χ0v) is 15.2.